The molecule has 9 heteroatoms. The highest BCUT2D eigenvalue weighted by Gasteiger charge is 2.32. The summed E-state index contributed by atoms with van der Waals surface area (Å²) < 4.78 is 38.7. The zero-order valence-electron chi connectivity index (χ0n) is 14.4. The molecule has 0 atom stereocenters. The third-order valence-corrected chi connectivity index (χ3v) is 4.40. The van der Waals surface area contributed by atoms with Gasteiger partial charge in [0.1, 0.15) is 0 Å². The third kappa shape index (κ3) is 4.97. The van der Waals surface area contributed by atoms with Crippen molar-refractivity contribution in [1.82, 2.24) is 5.32 Å². The van der Waals surface area contributed by atoms with Gasteiger partial charge in [0.15, 0.2) is 0 Å². The smallest absolute Gasteiger partial charge is 0.351 e. The molecule has 2 rings (SSSR count). The molecule has 0 aromatic heterocycles. The molecule has 1 N–H and O–H groups in total. The normalized spacial score (nSPS) is 11.9. The molecule has 0 unspecified atom stereocenters. The van der Waals surface area contributed by atoms with Crippen LogP contribution in [0.5, 0.6) is 0 Å². The standard InChI is InChI=1S/C18H16ClF3N2O3/c1-17(2,11-4-3-5-12(8-11)18(20,21)22)10-23-16(25)14-9-13(24(26)27)6-7-15(14)19/h3-9H,10H2,1-2H3,(H,23,25). The van der Waals surface area contributed by atoms with Crippen LogP contribution in [-0.4, -0.2) is 17.4 Å². The van der Waals surface area contributed by atoms with E-state index >= 15 is 0 Å². The van der Waals surface area contributed by atoms with E-state index in [0.717, 1.165) is 18.2 Å². The molecule has 0 saturated heterocycles. The number of carbonyl (C=O) groups is 1. The van der Waals surface area contributed by atoms with Crippen LogP contribution in [0.2, 0.25) is 5.02 Å². The van der Waals surface area contributed by atoms with Gasteiger partial charge in [-0.25, -0.2) is 0 Å². The molecule has 1 amide bonds. The number of halogens is 4. The van der Waals surface area contributed by atoms with Gasteiger partial charge >= 0.3 is 6.18 Å². The number of non-ortho nitro benzene ring substituents is 1. The van der Waals surface area contributed by atoms with Gasteiger partial charge in [0.25, 0.3) is 11.6 Å². The maximum Gasteiger partial charge on any atom is 0.416 e. The van der Waals surface area contributed by atoms with Gasteiger partial charge in [-0.1, -0.05) is 43.6 Å². The van der Waals surface area contributed by atoms with Crippen LogP contribution in [0.15, 0.2) is 42.5 Å². The molecule has 0 aliphatic carbocycles. The monoisotopic (exact) mass is 400 g/mol. The Labute approximate surface area is 158 Å². The summed E-state index contributed by atoms with van der Waals surface area (Å²) in [6.07, 6.45) is -4.47. The van der Waals surface area contributed by atoms with Crippen LogP contribution in [0.4, 0.5) is 18.9 Å². The lowest BCUT2D eigenvalue weighted by molar-refractivity contribution is -0.384. The molecule has 2 aromatic rings. The number of nitrogens with zero attached hydrogens (tertiary/aromatic N) is 1. The Balaban J connectivity index is 2.19. The molecule has 0 radical (unpaired) electrons. The van der Waals surface area contributed by atoms with Crippen molar-refractivity contribution in [1.29, 1.82) is 0 Å². The van der Waals surface area contributed by atoms with Crippen molar-refractivity contribution in [3.8, 4) is 0 Å². The second-order valence-electron chi connectivity index (χ2n) is 6.57. The first kappa shape index (κ1) is 20.7. The number of nitro benzene ring substituents is 1. The number of carbonyl (C=O) groups excluding carboxylic acids is 1. The molecule has 0 bridgehead atoms. The van der Waals surface area contributed by atoms with Crippen LogP contribution in [-0.2, 0) is 11.6 Å². The van der Waals surface area contributed by atoms with E-state index in [4.69, 9.17) is 11.6 Å². The van der Waals surface area contributed by atoms with Gasteiger partial charge in [-0.05, 0) is 17.7 Å². The highest BCUT2D eigenvalue weighted by Crippen LogP contribution is 2.32. The second kappa shape index (κ2) is 7.56. The molecule has 27 heavy (non-hydrogen) atoms. The third-order valence-electron chi connectivity index (χ3n) is 4.07. The van der Waals surface area contributed by atoms with Crippen LogP contribution in [0.25, 0.3) is 0 Å². The Kier molecular flexibility index (Phi) is 5.79. The van der Waals surface area contributed by atoms with Crippen molar-refractivity contribution >= 4 is 23.2 Å². The first-order valence-electron chi connectivity index (χ1n) is 7.82. The Morgan fingerprint density at radius 1 is 1.15 bits per heavy atom. The van der Waals surface area contributed by atoms with Gasteiger partial charge < -0.3 is 5.32 Å². The topological polar surface area (TPSA) is 72.2 Å². The van der Waals surface area contributed by atoms with Crippen molar-refractivity contribution in [3.05, 3.63) is 74.3 Å². The van der Waals surface area contributed by atoms with Gasteiger partial charge in [-0.15, -0.1) is 0 Å². The number of amides is 1. The fourth-order valence-electron chi connectivity index (χ4n) is 2.42. The van der Waals surface area contributed by atoms with Crippen LogP contribution >= 0.6 is 11.6 Å². The van der Waals surface area contributed by atoms with Crippen molar-refractivity contribution < 1.29 is 22.9 Å². The molecular formula is C18H16ClF3N2O3. The summed E-state index contributed by atoms with van der Waals surface area (Å²) >= 11 is 5.93. The van der Waals surface area contributed by atoms with E-state index in [1.165, 1.54) is 18.2 Å². The number of nitro groups is 1. The van der Waals surface area contributed by atoms with Gasteiger partial charge in [-0.3, -0.25) is 14.9 Å². The highest BCUT2D eigenvalue weighted by atomic mass is 35.5. The molecular weight excluding hydrogens is 385 g/mol. The van der Waals surface area contributed by atoms with Crippen LogP contribution < -0.4 is 5.32 Å². The average molecular weight is 401 g/mol. The van der Waals surface area contributed by atoms with Crippen molar-refractivity contribution in [2.75, 3.05) is 6.54 Å². The number of nitrogens with one attached hydrogen (secondary N) is 1. The van der Waals surface area contributed by atoms with E-state index in [1.54, 1.807) is 19.9 Å². The fraction of sp³-hybridized carbons (Fsp3) is 0.278. The molecule has 0 spiro atoms. The average Bonchev–Trinajstić information content (AvgIpc) is 2.59. The summed E-state index contributed by atoms with van der Waals surface area (Å²) in [4.78, 5) is 22.5. The van der Waals surface area contributed by atoms with Crippen molar-refractivity contribution in [2.45, 2.75) is 25.4 Å². The summed E-state index contributed by atoms with van der Waals surface area (Å²) in [6, 6.07) is 8.32. The Hall–Kier alpha value is -2.61. The van der Waals surface area contributed by atoms with Crippen LogP contribution in [0, 0.1) is 10.1 Å². The van der Waals surface area contributed by atoms with E-state index in [-0.39, 0.29) is 22.8 Å². The molecule has 0 heterocycles. The lowest BCUT2D eigenvalue weighted by atomic mass is 9.83. The number of benzene rings is 2. The van der Waals surface area contributed by atoms with E-state index in [2.05, 4.69) is 5.32 Å². The number of alkyl halides is 3. The quantitative estimate of drug-likeness (QED) is 0.568. The molecule has 2 aromatic carbocycles. The predicted octanol–water partition coefficient (Wildman–Crippen LogP) is 4.97. The summed E-state index contributed by atoms with van der Waals surface area (Å²) in [6.45, 7) is 3.36. The summed E-state index contributed by atoms with van der Waals surface area (Å²) in [7, 11) is 0. The molecule has 0 fully saturated rings. The van der Waals surface area contributed by atoms with E-state index in [0.29, 0.717) is 5.56 Å². The van der Waals surface area contributed by atoms with Crippen molar-refractivity contribution in [2.24, 2.45) is 0 Å². The first-order valence-corrected chi connectivity index (χ1v) is 8.19. The Morgan fingerprint density at radius 2 is 1.78 bits per heavy atom. The predicted molar refractivity (Wildman–Crippen MR) is 94.9 cm³/mol. The van der Waals surface area contributed by atoms with E-state index in [1.807, 2.05) is 0 Å². The van der Waals surface area contributed by atoms with E-state index < -0.39 is 28.0 Å². The first-order chi connectivity index (χ1) is 12.4. The largest absolute Gasteiger partial charge is 0.416 e. The lowest BCUT2D eigenvalue weighted by Gasteiger charge is -2.26. The van der Waals surface area contributed by atoms with Crippen LogP contribution in [0.3, 0.4) is 0 Å². The minimum absolute atomic E-state index is 0.00612. The summed E-state index contributed by atoms with van der Waals surface area (Å²) in [5.74, 6) is -0.649. The number of hydrogen-bond acceptors (Lipinski definition) is 3. The molecule has 144 valence electrons. The van der Waals surface area contributed by atoms with Gasteiger partial charge in [0.2, 0.25) is 0 Å². The summed E-state index contributed by atoms with van der Waals surface area (Å²) in [5, 5.41) is 13.5. The second-order valence-corrected chi connectivity index (χ2v) is 6.97. The van der Waals surface area contributed by atoms with Gasteiger partial charge in [0, 0.05) is 24.1 Å². The van der Waals surface area contributed by atoms with Crippen LogP contribution in [0.1, 0.15) is 35.3 Å². The minimum atomic E-state index is -4.47. The highest BCUT2D eigenvalue weighted by molar-refractivity contribution is 6.33. The molecule has 0 aliphatic heterocycles. The SMILES string of the molecule is CC(C)(CNC(=O)c1cc([N+](=O)[O-])ccc1Cl)c1cccc(C(F)(F)F)c1. The van der Waals surface area contributed by atoms with Gasteiger partial charge in [0.05, 0.1) is 21.1 Å². The Morgan fingerprint density at radius 3 is 2.37 bits per heavy atom. The molecule has 5 nitrogen and oxygen atoms in total. The maximum atomic E-state index is 12.9. The Bertz CT molecular complexity index is 882. The zero-order chi connectivity index (χ0) is 20.4. The fourth-order valence-corrected chi connectivity index (χ4v) is 2.62. The minimum Gasteiger partial charge on any atom is -0.351 e. The van der Waals surface area contributed by atoms with Gasteiger partial charge in [-0.2, -0.15) is 13.2 Å². The lowest BCUT2D eigenvalue weighted by Crippen LogP contribution is -2.37. The number of rotatable bonds is 5. The molecule has 0 aliphatic rings. The zero-order valence-corrected chi connectivity index (χ0v) is 15.2. The summed E-state index contributed by atoms with van der Waals surface area (Å²) in [5.41, 5.74) is -1.57. The number of hydrogen-bond donors (Lipinski definition) is 1. The van der Waals surface area contributed by atoms with E-state index in [9.17, 15) is 28.1 Å². The maximum absolute atomic E-state index is 12.9. The molecule has 0 saturated carbocycles. The van der Waals surface area contributed by atoms with Crippen molar-refractivity contribution in [3.63, 3.8) is 0 Å².